The van der Waals surface area contributed by atoms with Gasteiger partial charge in [-0.15, -0.1) is 0 Å². The van der Waals surface area contributed by atoms with Gasteiger partial charge in [-0.1, -0.05) is 6.07 Å². The van der Waals surface area contributed by atoms with Crippen molar-refractivity contribution in [2.24, 2.45) is 0 Å². The van der Waals surface area contributed by atoms with Crippen LogP contribution in [0.5, 0.6) is 0 Å². The van der Waals surface area contributed by atoms with Gasteiger partial charge in [0.1, 0.15) is 6.54 Å². The van der Waals surface area contributed by atoms with Gasteiger partial charge in [-0.2, -0.15) is 0 Å². The van der Waals surface area contributed by atoms with Gasteiger partial charge in [-0.3, -0.25) is 4.79 Å². The number of nitrogens with one attached hydrogen (secondary N) is 2. The summed E-state index contributed by atoms with van der Waals surface area (Å²) in [5.41, 5.74) is 0.455. The summed E-state index contributed by atoms with van der Waals surface area (Å²) >= 11 is 0. The van der Waals surface area contributed by atoms with Crippen LogP contribution in [0.25, 0.3) is 0 Å². The highest BCUT2D eigenvalue weighted by Gasteiger charge is 2.19. The van der Waals surface area contributed by atoms with E-state index in [1.807, 2.05) is 0 Å². The molecule has 0 unspecified atom stereocenters. The van der Waals surface area contributed by atoms with Gasteiger partial charge in [0, 0.05) is 19.6 Å². The van der Waals surface area contributed by atoms with E-state index in [-0.39, 0.29) is 19.0 Å². The Morgan fingerprint density at radius 2 is 2.15 bits per heavy atom. The summed E-state index contributed by atoms with van der Waals surface area (Å²) < 4.78 is 25.8. The Kier molecular flexibility index (Phi) is 4.49. The van der Waals surface area contributed by atoms with Crippen molar-refractivity contribution in [2.45, 2.75) is 13.0 Å². The smallest absolute Gasteiger partial charge is 0.318 e. The normalized spacial score (nSPS) is 15.5. The lowest BCUT2D eigenvalue weighted by molar-refractivity contribution is -0.121. The first-order valence-corrected chi connectivity index (χ1v) is 6.29. The first kappa shape index (κ1) is 14.2. The first-order valence-electron chi connectivity index (χ1n) is 6.29. The van der Waals surface area contributed by atoms with Crippen LogP contribution in [0.4, 0.5) is 13.6 Å². The van der Waals surface area contributed by atoms with Gasteiger partial charge in [0.05, 0.1) is 0 Å². The first-order chi connectivity index (χ1) is 9.56. The van der Waals surface area contributed by atoms with E-state index in [0.717, 1.165) is 12.1 Å². The number of halogens is 2. The zero-order chi connectivity index (χ0) is 14.5. The average molecular weight is 283 g/mol. The molecule has 1 aliphatic rings. The van der Waals surface area contributed by atoms with E-state index >= 15 is 0 Å². The quantitative estimate of drug-likeness (QED) is 0.850. The van der Waals surface area contributed by atoms with Gasteiger partial charge >= 0.3 is 6.03 Å². The summed E-state index contributed by atoms with van der Waals surface area (Å²) in [5, 5.41) is 5.25. The number of hydrogen-bond donors (Lipinski definition) is 2. The van der Waals surface area contributed by atoms with E-state index in [4.69, 9.17) is 0 Å². The lowest BCUT2D eigenvalue weighted by Crippen LogP contribution is -2.43. The van der Waals surface area contributed by atoms with Gasteiger partial charge in [0.15, 0.2) is 11.6 Å². The molecule has 0 atom stereocenters. The molecule has 1 aromatic rings. The number of hydrogen-bond acceptors (Lipinski definition) is 2. The van der Waals surface area contributed by atoms with E-state index < -0.39 is 17.7 Å². The lowest BCUT2D eigenvalue weighted by atomic mass is 10.2. The van der Waals surface area contributed by atoms with Crippen molar-refractivity contribution in [1.29, 1.82) is 0 Å². The monoisotopic (exact) mass is 283 g/mol. The second kappa shape index (κ2) is 6.31. The van der Waals surface area contributed by atoms with Crippen LogP contribution in [-0.2, 0) is 11.3 Å². The van der Waals surface area contributed by atoms with Crippen LogP contribution in [0.1, 0.15) is 12.0 Å². The third-order valence-corrected chi connectivity index (χ3v) is 2.98. The molecule has 1 fully saturated rings. The topological polar surface area (TPSA) is 61.4 Å². The van der Waals surface area contributed by atoms with Crippen molar-refractivity contribution in [2.75, 3.05) is 19.6 Å². The van der Waals surface area contributed by atoms with E-state index in [1.54, 1.807) is 0 Å². The highest BCUT2D eigenvalue weighted by Crippen LogP contribution is 2.08. The molecule has 3 amide bonds. The molecule has 0 aliphatic carbocycles. The summed E-state index contributed by atoms with van der Waals surface area (Å²) in [5.74, 6) is -2.08. The highest BCUT2D eigenvalue weighted by atomic mass is 19.2. The number of rotatable bonds is 2. The van der Waals surface area contributed by atoms with Crippen LogP contribution in [0.15, 0.2) is 18.2 Å². The highest BCUT2D eigenvalue weighted by molar-refractivity contribution is 5.84. The molecule has 0 bridgehead atoms. The molecule has 108 valence electrons. The van der Waals surface area contributed by atoms with Crippen LogP contribution in [0.3, 0.4) is 0 Å². The van der Waals surface area contributed by atoms with Crippen molar-refractivity contribution in [1.82, 2.24) is 15.5 Å². The molecule has 1 heterocycles. The number of carbonyl (C=O) groups is 2. The zero-order valence-corrected chi connectivity index (χ0v) is 10.8. The van der Waals surface area contributed by atoms with Crippen molar-refractivity contribution in [3.05, 3.63) is 35.4 Å². The molecular weight excluding hydrogens is 268 g/mol. The summed E-state index contributed by atoms with van der Waals surface area (Å²) in [6.45, 7) is 1.10. The second-order valence-corrected chi connectivity index (χ2v) is 4.53. The van der Waals surface area contributed by atoms with Gasteiger partial charge in [-0.05, 0) is 24.1 Å². The molecule has 0 radical (unpaired) electrons. The van der Waals surface area contributed by atoms with Gasteiger partial charge in [0.2, 0.25) is 5.91 Å². The molecule has 1 aliphatic heterocycles. The SMILES string of the molecule is O=C1CN(C(=O)NCc2ccc(F)c(F)c2)CCCN1. The molecular formula is C13H15F2N3O2. The molecule has 7 heteroatoms. The lowest BCUT2D eigenvalue weighted by Gasteiger charge is -2.19. The Bertz CT molecular complexity index is 522. The fourth-order valence-electron chi connectivity index (χ4n) is 1.92. The van der Waals surface area contributed by atoms with Crippen LogP contribution in [0, 0.1) is 11.6 Å². The minimum absolute atomic E-state index is 0.00358. The van der Waals surface area contributed by atoms with Gasteiger partial charge < -0.3 is 15.5 Å². The predicted octanol–water partition coefficient (Wildman–Crippen LogP) is 0.996. The van der Waals surface area contributed by atoms with Crippen molar-refractivity contribution in [3.8, 4) is 0 Å². The molecule has 1 aromatic carbocycles. The Labute approximate surface area is 114 Å². The maximum Gasteiger partial charge on any atom is 0.318 e. The van der Waals surface area contributed by atoms with Crippen molar-refractivity contribution >= 4 is 11.9 Å². The van der Waals surface area contributed by atoms with Crippen LogP contribution >= 0.6 is 0 Å². The number of amides is 3. The molecule has 20 heavy (non-hydrogen) atoms. The zero-order valence-electron chi connectivity index (χ0n) is 10.8. The van der Waals surface area contributed by atoms with Crippen molar-refractivity contribution < 1.29 is 18.4 Å². The second-order valence-electron chi connectivity index (χ2n) is 4.53. The Balaban J connectivity index is 1.90. The minimum Gasteiger partial charge on any atom is -0.354 e. The summed E-state index contributed by atoms with van der Waals surface area (Å²) in [6, 6.07) is 3.04. The fourth-order valence-corrected chi connectivity index (χ4v) is 1.92. The predicted molar refractivity (Wildman–Crippen MR) is 67.8 cm³/mol. The summed E-state index contributed by atoms with van der Waals surface area (Å²) in [4.78, 5) is 24.6. The standard InChI is InChI=1S/C13H15F2N3O2/c14-10-3-2-9(6-11(10)15)7-17-13(20)18-5-1-4-16-12(19)8-18/h2-3,6H,1,4-5,7-8H2,(H,16,19)(H,17,20). The third-order valence-electron chi connectivity index (χ3n) is 2.98. The third kappa shape index (κ3) is 3.66. The maximum absolute atomic E-state index is 13.0. The van der Waals surface area contributed by atoms with Crippen LogP contribution < -0.4 is 10.6 Å². The Morgan fingerprint density at radius 1 is 1.35 bits per heavy atom. The fraction of sp³-hybridized carbons (Fsp3) is 0.385. The van der Waals surface area contributed by atoms with Crippen molar-refractivity contribution in [3.63, 3.8) is 0 Å². The Hall–Kier alpha value is -2.18. The molecule has 1 saturated heterocycles. The number of urea groups is 1. The number of benzene rings is 1. The number of nitrogens with zero attached hydrogens (tertiary/aromatic N) is 1. The molecule has 2 N–H and O–H groups in total. The van der Waals surface area contributed by atoms with E-state index in [2.05, 4.69) is 10.6 Å². The average Bonchev–Trinajstić information content (AvgIpc) is 2.64. The summed E-state index contributed by atoms with van der Waals surface area (Å²) in [7, 11) is 0. The molecule has 0 aromatic heterocycles. The summed E-state index contributed by atoms with van der Waals surface area (Å²) in [6.07, 6.45) is 0.685. The molecule has 2 rings (SSSR count). The van der Waals surface area contributed by atoms with Crippen LogP contribution in [0.2, 0.25) is 0 Å². The van der Waals surface area contributed by atoms with E-state index in [0.29, 0.717) is 25.1 Å². The largest absolute Gasteiger partial charge is 0.354 e. The molecule has 0 saturated carbocycles. The minimum atomic E-state index is -0.953. The Morgan fingerprint density at radius 3 is 2.90 bits per heavy atom. The maximum atomic E-state index is 13.0. The molecule has 5 nitrogen and oxygen atoms in total. The van der Waals surface area contributed by atoms with Gasteiger partial charge in [-0.25, -0.2) is 13.6 Å². The van der Waals surface area contributed by atoms with Crippen LogP contribution in [-0.4, -0.2) is 36.5 Å². The molecule has 0 spiro atoms. The number of carbonyl (C=O) groups excluding carboxylic acids is 2. The van der Waals surface area contributed by atoms with E-state index in [1.165, 1.54) is 11.0 Å². The van der Waals surface area contributed by atoms with E-state index in [9.17, 15) is 18.4 Å². The van der Waals surface area contributed by atoms with Gasteiger partial charge in [0.25, 0.3) is 0 Å².